The van der Waals surface area contributed by atoms with Gasteiger partial charge < -0.3 is 20.5 Å². The van der Waals surface area contributed by atoms with Crippen molar-refractivity contribution in [3.05, 3.63) is 60.3 Å². The summed E-state index contributed by atoms with van der Waals surface area (Å²) in [5.41, 5.74) is 9.59. The highest BCUT2D eigenvalue weighted by Crippen LogP contribution is 2.32. The zero-order chi connectivity index (χ0) is 20.2. The number of aromatic nitrogens is 4. The molecule has 4 aromatic rings. The predicted octanol–water partition coefficient (Wildman–Crippen LogP) is 3.30. The Morgan fingerprint density at radius 3 is 2.48 bits per heavy atom. The van der Waals surface area contributed by atoms with E-state index < -0.39 is 0 Å². The lowest BCUT2D eigenvalue weighted by Crippen LogP contribution is -2.07. The van der Waals surface area contributed by atoms with Gasteiger partial charge in [0.2, 0.25) is 5.95 Å². The van der Waals surface area contributed by atoms with E-state index in [0.717, 1.165) is 11.1 Å². The summed E-state index contributed by atoms with van der Waals surface area (Å²) in [5, 5.41) is 3.17. The fourth-order valence-corrected chi connectivity index (χ4v) is 2.92. The van der Waals surface area contributed by atoms with E-state index in [0.29, 0.717) is 40.8 Å². The van der Waals surface area contributed by atoms with Crippen LogP contribution in [0.25, 0.3) is 22.4 Å². The number of fused-ring (bicyclic) bond motifs is 1. The number of hydrogen-bond donors (Lipinski definition) is 2. The number of nitrogens with one attached hydrogen (secondary N) is 1. The van der Waals surface area contributed by atoms with Crippen LogP contribution >= 0.6 is 0 Å². The Morgan fingerprint density at radius 2 is 1.72 bits per heavy atom. The predicted molar refractivity (Wildman–Crippen MR) is 112 cm³/mol. The Morgan fingerprint density at radius 1 is 0.931 bits per heavy atom. The van der Waals surface area contributed by atoms with Crippen molar-refractivity contribution in [2.24, 2.45) is 0 Å². The fraction of sp³-hybridized carbons (Fsp3) is 0.143. The van der Waals surface area contributed by atoms with E-state index in [-0.39, 0.29) is 5.82 Å². The molecule has 146 valence electrons. The van der Waals surface area contributed by atoms with Gasteiger partial charge in [0.05, 0.1) is 26.1 Å². The fourth-order valence-electron chi connectivity index (χ4n) is 2.92. The summed E-state index contributed by atoms with van der Waals surface area (Å²) in [4.78, 5) is 17.8. The van der Waals surface area contributed by atoms with Crippen molar-refractivity contribution in [3.8, 4) is 22.8 Å². The number of methoxy groups -OCH3 is 2. The molecule has 0 bridgehead atoms. The Bertz CT molecular complexity index is 1150. The molecule has 2 aromatic heterocycles. The highest BCUT2D eigenvalue weighted by Gasteiger charge is 2.12. The summed E-state index contributed by atoms with van der Waals surface area (Å²) < 4.78 is 10.6. The summed E-state index contributed by atoms with van der Waals surface area (Å²) in [7, 11) is 3.18. The summed E-state index contributed by atoms with van der Waals surface area (Å²) in [5.74, 6) is 1.92. The number of benzene rings is 2. The van der Waals surface area contributed by atoms with Crippen LogP contribution in [0.4, 0.5) is 11.8 Å². The van der Waals surface area contributed by atoms with Crippen molar-refractivity contribution >= 4 is 22.9 Å². The third-order valence-electron chi connectivity index (χ3n) is 4.41. The molecule has 0 saturated carbocycles. The van der Waals surface area contributed by atoms with Crippen LogP contribution in [-0.4, -0.2) is 34.2 Å². The Labute approximate surface area is 167 Å². The lowest BCUT2D eigenvalue weighted by Gasteiger charge is -2.10. The molecular weight excluding hydrogens is 368 g/mol. The highest BCUT2D eigenvalue weighted by molar-refractivity contribution is 5.84. The minimum absolute atomic E-state index is 0.264. The van der Waals surface area contributed by atoms with Crippen LogP contribution in [0.5, 0.6) is 11.5 Å². The van der Waals surface area contributed by atoms with Crippen LogP contribution in [0.1, 0.15) is 5.56 Å². The van der Waals surface area contributed by atoms with Crippen molar-refractivity contribution in [2.75, 3.05) is 25.3 Å². The molecule has 0 aliphatic heterocycles. The molecule has 0 saturated heterocycles. The number of anilines is 2. The van der Waals surface area contributed by atoms with E-state index in [9.17, 15) is 0 Å². The zero-order valence-corrected chi connectivity index (χ0v) is 16.1. The maximum atomic E-state index is 6.14. The van der Waals surface area contributed by atoms with Gasteiger partial charge in [0.1, 0.15) is 0 Å². The SMILES string of the molecule is COc1ccc(-c2cnc3nc(NCc4ccccc4)nc(N)c3n2)cc1OC. The van der Waals surface area contributed by atoms with E-state index in [1.165, 1.54) is 0 Å². The molecule has 3 N–H and O–H groups in total. The van der Waals surface area contributed by atoms with Crippen molar-refractivity contribution in [1.29, 1.82) is 0 Å². The van der Waals surface area contributed by atoms with E-state index in [1.54, 1.807) is 20.4 Å². The lowest BCUT2D eigenvalue weighted by molar-refractivity contribution is 0.355. The molecule has 2 heterocycles. The Kier molecular flexibility index (Phi) is 5.07. The highest BCUT2D eigenvalue weighted by atomic mass is 16.5. The number of nitrogens with two attached hydrogens (primary N) is 1. The molecule has 8 nitrogen and oxygen atoms in total. The molecule has 0 aliphatic rings. The van der Waals surface area contributed by atoms with Crippen LogP contribution in [-0.2, 0) is 6.54 Å². The van der Waals surface area contributed by atoms with Crippen molar-refractivity contribution in [2.45, 2.75) is 6.54 Å². The summed E-state index contributed by atoms with van der Waals surface area (Å²) >= 11 is 0. The first-order chi connectivity index (χ1) is 14.2. The molecule has 0 aliphatic carbocycles. The second-order valence-corrected chi connectivity index (χ2v) is 6.27. The minimum atomic E-state index is 0.264. The molecule has 8 heteroatoms. The second-order valence-electron chi connectivity index (χ2n) is 6.27. The third-order valence-corrected chi connectivity index (χ3v) is 4.41. The van der Waals surface area contributed by atoms with Gasteiger partial charge in [-0.05, 0) is 23.8 Å². The molecule has 0 atom stereocenters. The number of nitrogen functional groups attached to an aromatic ring is 1. The summed E-state index contributed by atoms with van der Waals surface area (Å²) in [6, 6.07) is 15.5. The van der Waals surface area contributed by atoms with Gasteiger partial charge in [0.25, 0.3) is 0 Å². The number of nitrogens with zero attached hydrogens (tertiary/aromatic N) is 4. The van der Waals surface area contributed by atoms with Crippen molar-refractivity contribution in [3.63, 3.8) is 0 Å². The van der Waals surface area contributed by atoms with Crippen LogP contribution < -0.4 is 20.5 Å². The van der Waals surface area contributed by atoms with Gasteiger partial charge in [-0.1, -0.05) is 30.3 Å². The van der Waals surface area contributed by atoms with E-state index in [2.05, 4.69) is 25.3 Å². The molecule has 0 radical (unpaired) electrons. The molecule has 2 aromatic carbocycles. The number of ether oxygens (including phenoxy) is 2. The lowest BCUT2D eigenvalue weighted by atomic mass is 10.1. The zero-order valence-electron chi connectivity index (χ0n) is 16.1. The van der Waals surface area contributed by atoms with E-state index >= 15 is 0 Å². The first-order valence-electron chi connectivity index (χ1n) is 8.98. The summed E-state index contributed by atoms with van der Waals surface area (Å²) in [6.07, 6.45) is 1.65. The largest absolute Gasteiger partial charge is 0.493 e. The van der Waals surface area contributed by atoms with Gasteiger partial charge in [-0.2, -0.15) is 9.97 Å². The summed E-state index contributed by atoms with van der Waals surface area (Å²) in [6.45, 7) is 0.586. The van der Waals surface area contributed by atoms with Gasteiger partial charge in [-0.15, -0.1) is 0 Å². The average molecular weight is 388 g/mol. The first-order valence-corrected chi connectivity index (χ1v) is 8.98. The molecule has 0 unspecified atom stereocenters. The molecule has 0 fully saturated rings. The number of rotatable bonds is 6. The smallest absolute Gasteiger partial charge is 0.227 e. The molecule has 29 heavy (non-hydrogen) atoms. The Balaban J connectivity index is 1.64. The van der Waals surface area contributed by atoms with Gasteiger partial charge in [-0.25, -0.2) is 9.97 Å². The normalized spacial score (nSPS) is 10.7. The molecular formula is C21H20N6O2. The van der Waals surface area contributed by atoms with Crippen LogP contribution in [0, 0.1) is 0 Å². The van der Waals surface area contributed by atoms with Crippen molar-refractivity contribution < 1.29 is 9.47 Å². The van der Waals surface area contributed by atoms with Gasteiger partial charge in [0, 0.05) is 12.1 Å². The first kappa shape index (κ1) is 18.4. The van der Waals surface area contributed by atoms with E-state index in [4.69, 9.17) is 15.2 Å². The molecule has 4 rings (SSSR count). The van der Waals surface area contributed by atoms with Crippen molar-refractivity contribution in [1.82, 2.24) is 19.9 Å². The Hall–Kier alpha value is -3.94. The number of hydrogen-bond acceptors (Lipinski definition) is 8. The van der Waals surface area contributed by atoms with Crippen LogP contribution in [0.2, 0.25) is 0 Å². The van der Waals surface area contributed by atoms with E-state index in [1.807, 2.05) is 48.5 Å². The minimum Gasteiger partial charge on any atom is -0.493 e. The maximum absolute atomic E-state index is 6.14. The molecule has 0 spiro atoms. The van der Waals surface area contributed by atoms with Gasteiger partial charge in [-0.3, -0.25) is 0 Å². The van der Waals surface area contributed by atoms with Gasteiger partial charge >= 0.3 is 0 Å². The quantitative estimate of drug-likeness (QED) is 0.518. The average Bonchev–Trinajstić information content (AvgIpc) is 2.77. The topological polar surface area (TPSA) is 108 Å². The second kappa shape index (κ2) is 7.97. The monoisotopic (exact) mass is 388 g/mol. The van der Waals surface area contributed by atoms with Crippen LogP contribution in [0.3, 0.4) is 0 Å². The maximum Gasteiger partial charge on any atom is 0.227 e. The van der Waals surface area contributed by atoms with Crippen LogP contribution in [0.15, 0.2) is 54.7 Å². The van der Waals surface area contributed by atoms with Gasteiger partial charge in [0.15, 0.2) is 28.5 Å². The molecule has 0 amide bonds. The standard InChI is InChI=1S/C21H20N6O2/c1-28-16-9-8-14(10-17(16)29-2)15-12-23-20-18(25-15)19(22)26-21(27-20)24-11-13-6-4-3-5-7-13/h3-10,12H,11H2,1-2H3,(H3,22,23,24,26,27). The third kappa shape index (κ3) is 3.86.